The molecule has 11 heteroatoms. The fraction of sp³-hybridized carbons (Fsp3) is 0.520. The summed E-state index contributed by atoms with van der Waals surface area (Å²) in [5, 5.41) is 16.2. The predicted molar refractivity (Wildman–Crippen MR) is 137 cm³/mol. The standard InChI is InChI=1S/C22H30N6O3.C3H8O2/c1-27(11-6-9-19(29)31-14-17-7-4-3-5-8-17)13-18(30-2)10-12-28-16-26-20-21(23)24-15-25-22(20)28;1-3(2,4)5/h3-5,7-8,15-16,18H,6,9-14H2,1-2H3,(H2,23,24,25);4-5H,1-2H3. The van der Waals surface area contributed by atoms with Crippen molar-refractivity contribution >= 4 is 23.0 Å². The van der Waals surface area contributed by atoms with E-state index in [-0.39, 0.29) is 12.1 Å². The molecule has 0 aliphatic carbocycles. The molecule has 3 rings (SSSR count). The number of hydrogen-bond acceptors (Lipinski definition) is 10. The first kappa shape index (κ1) is 29.1. The zero-order valence-corrected chi connectivity index (χ0v) is 21.5. The quantitative estimate of drug-likeness (QED) is 0.248. The van der Waals surface area contributed by atoms with E-state index in [2.05, 4.69) is 19.9 Å². The van der Waals surface area contributed by atoms with Crippen molar-refractivity contribution < 1.29 is 24.5 Å². The van der Waals surface area contributed by atoms with E-state index < -0.39 is 5.79 Å². The first-order chi connectivity index (χ1) is 17.1. The summed E-state index contributed by atoms with van der Waals surface area (Å²) < 4.78 is 12.9. The monoisotopic (exact) mass is 502 g/mol. The van der Waals surface area contributed by atoms with E-state index >= 15 is 0 Å². The lowest BCUT2D eigenvalue weighted by Crippen LogP contribution is -2.32. The average Bonchev–Trinajstić information content (AvgIpc) is 3.24. The van der Waals surface area contributed by atoms with Crippen LogP contribution >= 0.6 is 0 Å². The maximum absolute atomic E-state index is 11.9. The maximum Gasteiger partial charge on any atom is 0.306 e. The van der Waals surface area contributed by atoms with Gasteiger partial charge in [0.15, 0.2) is 17.3 Å². The molecule has 1 atom stereocenters. The Morgan fingerprint density at radius 3 is 2.56 bits per heavy atom. The van der Waals surface area contributed by atoms with E-state index in [0.717, 1.165) is 37.1 Å². The van der Waals surface area contributed by atoms with Gasteiger partial charge >= 0.3 is 5.97 Å². The zero-order valence-electron chi connectivity index (χ0n) is 21.5. The summed E-state index contributed by atoms with van der Waals surface area (Å²) in [5.41, 5.74) is 8.18. The van der Waals surface area contributed by atoms with Crippen LogP contribution in [-0.4, -0.2) is 79.7 Å². The van der Waals surface area contributed by atoms with Gasteiger partial charge in [-0.05, 0) is 45.8 Å². The molecule has 0 fully saturated rings. The molecule has 0 radical (unpaired) electrons. The number of aromatic nitrogens is 4. The van der Waals surface area contributed by atoms with Gasteiger partial charge in [-0.1, -0.05) is 30.3 Å². The third-order valence-corrected chi connectivity index (χ3v) is 5.13. The number of methoxy groups -OCH3 is 1. The second kappa shape index (κ2) is 14.4. The van der Waals surface area contributed by atoms with Crippen LogP contribution in [-0.2, 0) is 27.4 Å². The minimum absolute atomic E-state index is 0.0478. The molecule has 0 spiro atoms. The van der Waals surface area contributed by atoms with E-state index in [1.54, 1.807) is 13.4 Å². The molecular weight excluding hydrogens is 464 g/mol. The second-order valence-electron chi connectivity index (χ2n) is 9.02. The van der Waals surface area contributed by atoms with Gasteiger partial charge in [-0.25, -0.2) is 15.0 Å². The summed E-state index contributed by atoms with van der Waals surface area (Å²) in [5.74, 6) is -1.29. The van der Waals surface area contributed by atoms with Crippen molar-refractivity contribution in [2.45, 2.75) is 58.2 Å². The average molecular weight is 503 g/mol. The van der Waals surface area contributed by atoms with Gasteiger partial charge in [0, 0.05) is 26.6 Å². The molecule has 1 unspecified atom stereocenters. The highest BCUT2D eigenvalue weighted by Gasteiger charge is 2.14. The van der Waals surface area contributed by atoms with Crippen molar-refractivity contribution in [1.82, 2.24) is 24.4 Å². The molecule has 0 amide bonds. The minimum atomic E-state index is -1.50. The number of nitrogens with two attached hydrogens (primary N) is 1. The van der Waals surface area contributed by atoms with Gasteiger partial charge in [-0.2, -0.15) is 0 Å². The molecule has 0 saturated carbocycles. The van der Waals surface area contributed by atoms with Crippen molar-refractivity contribution in [3.05, 3.63) is 48.5 Å². The van der Waals surface area contributed by atoms with Crippen LogP contribution in [0.5, 0.6) is 0 Å². The number of benzene rings is 1. The van der Waals surface area contributed by atoms with E-state index in [0.29, 0.717) is 30.9 Å². The molecule has 3 aromatic rings. The number of aliphatic hydroxyl groups is 2. The van der Waals surface area contributed by atoms with Gasteiger partial charge in [0.2, 0.25) is 0 Å². The Hall–Kier alpha value is -3.12. The number of fused-ring (bicyclic) bond motifs is 1. The fourth-order valence-corrected chi connectivity index (χ4v) is 3.37. The van der Waals surface area contributed by atoms with Gasteiger partial charge < -0.3 is 34.9 Å². The van der Waals surface area contributed by atoms with Crippen molar-refractivity contribution in [1.29, 1.82) is 0 Å². The van der Waals surface area contributed by atoms with Crippen molar-refractivity contribution in [2.24, 2.45) is 0 Å². The van der Waals surface area contributed by atoms with Gasteiger partial charge in [-0.3, -0.25) is 4.79 Å². The lowest BCUT2D eigenvalue weighted by molar-refractivity contribution is -0.145. The molecule has 1 aromatic carbocycles. The third kappa shape index (κ3) is 11.1. The maximum atomic E-state index is 11.9. The first-order valence-electron chi connectivity index (χ1n) is 11.8. The molecule has 0 bridgehead atoms. The summed E-state index contributed by atoms with van der Waals surface area (Å²) in [6, 6.07) is 9.70. The summed E-state index contributed by atoms with van der Waals surface area (Å²) in [6.45, 7) is 5.18. The molecular formula is C25H38N6O5. The Kier molecular flexibility index (Phi) is 11.7. The van der Waals surface area contributed by atoms with E-state index in [1.165, 1.54) is 20.2 Å². The molecule has 0 aliphatic heterocycles. The summed E-state index contributed by atoms with van der Waals surface area (Å²) in [4.78, 5) is 26.6. The smallest absolute Gasteiger partial charge is 0.306 e. The highest BCUT2D eigenvalue weighted by Crippen LogP contribution is 2.15. The van der Waals surface area contributed by atoms with Crippen LogP contribution in [0, 0.1) is 0 Å². The number of likely N-dealkylation sites (N-methyl/N-ethyl adjacent to an activating group) is 1. The van der Waals surface area contributed by atoms with Gasteiger partial charge in [0.05, 0.1) is 12.4 Å². The number of carbonyl (C=O) groups excluding carboxylic acids is 1. The Morgan fingerprint density at radius 1 is 1.19 bits per heavy atom. The van der Waals surface area contributed by atoms with Crippen LogP contribution in [0.15, 0.2) is 43.0 Å². The van der Waals surface area contributed by atoms with Gasteiger partial charge in [0.1, 0.15) is 18.5 Å². The number of carbonyl (C=O) groups is 1. The summed E-state index contributed by atoms with van der Waals surface area (Å²) >= 11 is 0. The number of rotatable bonds is 12. The number of imidazole rings is 1. The van der Waals surface area contributed by atoms with Crippen molar-refractivity contribution in [3.63, 3.8) is 0 Å². The Balaban J connectivity index is 0.000000830. The molecule has 0 saturated heterocycles. The van der Waals surface area contributed by atoms with Crippen molar-refractivity contribution in [2.75, 3.05) is 33.0 Å². The van der Waals surface area contributed by atoms with Crippen LogP contribution in [0.25, 0.3) is 11.2 Å². The van der Waals surface area contributed by atoms with Gasteiger partial charge in [0.25, 0.3) is 0 Å². The third-order valence-electron chi connectivity index (χ3n) is 5.13. The number of nitrogens with zero attached hydrogens (tertiary/aromatic N) is 5. The summed E-state index contributed by atoms with van der Waals surface area (Å²) in [7, 11) is 3.74. The highest BCUT2D eigenvalue weighted by molar-refractivity contribution is 5.81. The first-order valence-corrected chi connectivity index (χ1v) is 11.8. The van der Waals surface area contributed by atoms with Gasteiger partial charge in [-0.15, -0.1) is 0 Å². The Labute approximate surface area is 211 Å². The molecule has 2 aromatic heterocycles. The van der Waals surface area contributed by atoms with Crippen LogP contribution in [0.1, 0.15) is 38.7 Å². The number of ether oxygens (including phenoxy) is 2. The molecule has 2 heterocycles. The lowest BCUT2D eigenvalue weighted by Gasteiger charge is -2.23. The zero-order chi connectivity index (χ0) is 26.6. The van der Waals surface area contributed by atoms with E-state index in [9.17, 15) is 4.79 Å². The van der Waals surface area contributed by atoms with Crippen LogP contribution in [0.2, 0.25) is 0 Å². The number of esters is 1. The predicted octanol–water partition coefficient (Wildman–Crippen LogP) is 1.98. The van der Waals surface area contributed by atoms with Crippen LogP contribution in [0.3, 0.4) is 0 Å². The summed E-state index contributed by atoms with van der Waals surface area (Å²) in [6.07, 6.45) is 5.16. The number of anilines is 1. The van der Waals surface area contributed by atoms with Crippen LogP contribution < -0.4 is 5.73 Å². The number of aryl methyl sites for hydroxylation is 1. The molecule has 198 valence electrons. The topological polar surface area (TPSA) is 149 Å². The fourth-order valence-electron chi connectivity index (χ4n) is 3.37. The van der Waals surface area contributed by atoms with E-state index in [1.807, 2.05) is 41.9 Å². The largest absolute Gasteiger partial charge is 0.461 e. The van der Waals surface area contributed by atoms with Crippen LogP contribution in [0.4, 0.5) is 5.82 Å². The Bertz CT molecular complexity index is 1050. The molecule has 11 nitrogen and oxygen atoms in total. The minimum Gasteiger partial charge on any atom is -0.461 e. The lowest BCUT2D eigenvalue weighted by atomic mass is 10.2. The Morgan fingerprint density at radius 2 is 1.89 bits per heavy atom. The highest BCUT2D eigenvalue weighted by atomic mass is 16.5. The normalized spacial score (nSPS) is 12.3. The molecule has 36 heavy (non-hydrogen) atoms. The number of hydrogen-bond donors (Lipinski definition) is 3. The molecule has 4 N–H and O–H groups in total. The molecule has 0 aliphatic rings. The second-order valence-corrected chi connectivity index (χ2v) is 9.02. The SMILES string of the molecule is CC(C)(O)O.COC(CCn1cnc2c(N)ncnc21)CN(C)CCCC(=O)OCc1ccccc1. The van der Waals surface area contributed by atoms with Crippen molar-refractivity contribution in [3.8, 4) is 0 Å². The number of nitrogen functional groups attached to an aromatic ring is 1. The van der Waals surface area contributed by atoms with E-state index in [4.69, 9.17) is 25.4 Å².